The first-order valence-corrected chi connectivity index (χ1v) is 12.7. The minimum Gasteiger partial charge on any atom is -0.337 e. The lowest BCUT2D eigenvalue weighted by molar-refractivity contribution is -0.384. The predicted molar refractivity (Wildman–Crippen MR) is 151 cm³/mol. The number of anilines is 2. The highest BCUT2D eigenvalue weighted by atomic mass is 16.6. The Bertz CT molecular complexity index is 1600. The summed E-state index contributed by atoms with van der Waals surface area (Å²) < 4.78 is 1.78. The van der Waals surface area contributed by atoms with Gasteiger partial charge in [-0.25, -0.2) is 14.7 Å². The van der Waals surface area contributed by atoms with Crippen molar-refractivity contribution in [1.29, 1.82) is 0 Å². The molecule has 2 aliphatic heterocycles. The lowest BCUT2D eigenvalue weighted by Gasteiger charge is -2.40. The third kappa shape index (κ3) is 3.92. The van der Waals surface area contributed by atoms with Gasteiger partial charge in [0.05, 0.1) is 33.7 Å². The van der Waals surface area contributed by atoms with E-state index in [2.05, 4.69) is 42.3 Å². The second-order valence-corrected chi connectivity index (χ2v) is 9.56. The Morgan fingerprint density at radius 3 is 2.42 bits per heavy atom. The van der Waals surface area contributed by atoms with Crippen molar-refractivity contribution in [3.05, 3.63) is 99.7 Å². The molecule has 38 heavy (non-hydrogen) atoms. The van der Waals surface area contributed by atoms with Gasteiger partial charge in [0.15, 0.2) is 17.5 Å². The van der Waals surface area contributed by atoms with Crippen molar-refractivity contribution in [2.75, 3.05) is 10.2 Å². The highest BCUT2D eigenvalue weighted by Gasteiger charge is 2.40. The summed E-state index contributed by atoms with van der Waals surface area (Å²) in [6.45, 7) is 6.24. The number of nitrogens with one attached hydrogen (secondary N) is 1. The molecule has 1 N–H and O–H groups in total. The van der Waals surface area contributed by atoms with Crippen molar-refractivity contribution in [3.8, 4) is 5.69 Å². The summed E-state index contributed by atoms with van der Waals surface area (Å²) in [7, 11) is 0. The van der Waals surface area contributed by atoms with E-state index in [0.717, 1.165) is 52.8 Å². The maximum atomic E-state index is 11.2. The second-order valence-electron chi connectivity index (χ2n) is 9.56. The zero-order valence-corrected chi connectivity index (χ0v) is 21.4. The average molecular weight is 506 g/mol. The topological polar surface area (TPSA) is 101 Å². The number of hydrogen-bond acceptors (Lipinski definition) is 7. The van der Waals surface area contributed by atoms with E-state index < -0.39 is 4.92 Å². The van der Waals surface area contributed by atoms with Gasteiger partial charge < -0.3 is 10.2 Å². The maximum absolute atomic E-state index is 11.2. The van der Waals surface area contributed by atoms with Crippen molar-refractivity contribution in [3.63, 3.8) is 0 Å². The van der Waals surface area contributed by atoms with Crippen LogP contribution < -0.4 is 10.2 Å². The number of aromatic nitrogens is 2. The Balaban J connectivity index is 1.54. The number of benzene rings is 3. The molecule has 0 aliphatic carbocycles. The van der Waals surface area contributed by atoms with Gasteiger partial charge in [-0.15, -0.1) is 0 Å². The smallest absolute Gasteiger partial charge is 0.269 e. The van der Waals surface area contributed by atoms with E-state index in [1.807, 2.05) is 37.3 Å². The number of aryl methyl sites for hydroxylation is 2. The van der Waals surface area contributed by atoms with Gasteiger partial charge in [0.1, 0.15) is 0 Å². The fraction of sp³-hybridized carbons (Fsp3) is 0.207. The number of nitro groups is 1. The third-order valence-electron chi connectivity index (χ3n) is 6.93. The third-order valence-corrected chi connectivity index (χ3v) is 6.93. The first-order chi connectivity index (χ1) is 18.4. The van der Waals surface area contributed by atoms with E-state index in [1.54, 1.807) is 16.8 Å². The molecule has 0 unspecified atom stereocenters. The Morgan fingerprint density at radius 2 is 1.71 bits per heavy atom. The molecule has 190 valence electrons. The molecule has 3 aromatic carbocycles. The average Bonchev–Trinajstić information content (AvgIpc) is 3.26. The molecule has 0 radical (unpaired) electrons. The van der Waals surface area contributed by atoms with Crippen LogP contribution in [0, 0.1) is 24.0 Å². The number of rotatable bonds is 5. The van der Waals surface area contributed by atoms with Gasteiger partial charge in [-0.3, -0.25) is 10.1 Å². The monoisotopic (exact) mass is 505 g/mol. The Hall–Kier alpha value is -4.79. The molecule has 0 saturated carbocycles. The summed E-state index contributed by atoms with van der Waals surface area (Å²) >= 11 is 0. The molecule has 2 aliphatic rings. The largest absolute Gasteiger partial charge is 0.337 e. The summed E-state index contributed by atoms with van der Waals surface area (Å²) in [5.41, 5.74) is 6.68. The molecule has 4 aromatic rings. The van der Waals surface area contributed by atoms with Gasteiger partial charge in [0.25, 0.3) is 5.69 Å². The maximum Gasteiger partial charge on any atom is 0.269 e. The van der Waals surface area contributed by atoms with Gasteiger partial charge in [-0.05, 0) is 56.7 Å². The van der Waals surface area contributed by atoms with Crippen molar-refractivity contribution in [2.24, 2.45) is 9.98 Å². The molecule has 3 heterocycles. The van der Waals surface area contributed by atoms with Gasteiger partial charge in [-0.1, -0.05) is 43.2 Å². The molecule has 0 saturated heterocycles. The normalized spacial score (nSPS) is 15.7. The summed E-state index contributed by atoms with van der Waals surface area (Å²) in [5.74, 6) is 2.10. The van der Waals surface area contributed by atoms with Crippen LogP contribution in [0.25, 0.3) is 5.69 Å². The predicted octanol–water partition coefficient (Wildman–Crippen LogP) is 6.94. The van der Waals surface area contributed by atoms with Crippen LogP contribution in [0.4, 0.5) is 28.6 Å². The highest BCUT2D eigenvalue weighted by Crippen LogP contribution is 2.47. The molecule has 0 bridgehead atoms. The molecule has 1 atom stereocenters. The van der Waals surface area contributed by atoms with Crippen molar-refractivity contribution in [1.82, 2.24) is 9.78 Å². The SMILES string of the molecule is CCC[C@@H]1c2c(C)nn(-c3ccc([N+](=O)[O-])cc3)c2N=C2C(Nc3ccc(C)cc3)=Nc3ccccc3N21. The first-order valence-electron chi connectivity index (χ1n) is 12.7. The lowest BCUT2D eigenvalue weighted by atomic mass is 9.96. The lowest BCUT2D eigenvalue weighted by Crippen LogP contribution is -2.46. The number of non-ortho nitro benzene ring substituents is 1. The quantitative estimate of drug-likeness (QED) is 0.234. The van der Waals surface area contributed by atoms with Gasteiger partial charge >= 0.3 is 0 Å². The summed E-state index contributed by atoms with van der Waals surface area (Å²) in [4.78, 5) is 23.2. The van der Waals surface area contributed by atoms with Gasteiger partial charge in [-0.2, -0.15) is 5.10 Å². The van der Waals surface area contributed by atoms with E-state index in [9.17, 15) is 10.1 Å². The van der Waals surface area contributed by atoms with Gasteiger partial charge in [0, 0.05) is 23.4 Å². The summed E-state index contributed by atoms with van der Waals surface area (Å²) in [5, 5.41) is 19.6. The van der Waals surface area contributed by atoms with Crippen LogP contribution in [0.3, 0.4) is 0 Å². The second kappa shape index (κ2) is 9.26. The Morgan fingerprint density at radius 1 is 0.974 bits per heavy atom. The molecular weight excluding hydrogens is 478 g/mol. The first kappa shape index (κ1) is 23.6. The fourth-order valence-corrected chi connectivity index (χ4v) is 5.14. The number of para-hydroxylation sites is 2. The van der Waals surface area contributed by atoms with Crippen LogP contribution in [-0.2, 0) is 0 Å². The number of aliphatic imine (C=N–C) groups is 2. The van der Waals surface area contributed by atoms with Crippen LogP contribution in [0.1, 0.15) is 42.6 Å². The minimum atomic E-state index is -0.401. The Kier molecular flexibility index (Phi) is 5.75. The zero-order chi connectivity index (χ0) is 26.4. The van der Waals surface area contributed by atoms with Crippen LogP contribution >= 0.6 is 0 Å². The van der Waals surface area contributed by atoms with Gasteiger partial charge in [0.2, 0.25) is 0 Å². The molecule has 6 rings (SSSR count). The highest BCUT2D eigenvalue weighted by molar-refractivity contribution is 6.51. The van der Waals surface area contributed by atoms with Crippen LogP contribution in [-0.4, -0.2) is 26.4 Å². The number of amidine groups is 2. The molecule has 0 spiro atoms. The number of fused-ring (bicyclic) bond motifs is 4. The van der Waals surface area contributed by atoms with Crippen LogP contribution in [0.5, 0.6) is 0 Å². The Labute approximate surface area is 220 Å². The van der Waals surface area contributed by atoms with E-state index in [1.165, 1.54) is 17.7 Å². The van der Waals surface area contributed by atoms with Crippen molar-refractivity contribution in [2.45, 2.75) is 39.7 Å². The molecule has 0 amide bonds. The molecular formula is C29H27N7O2. The minimum absolute atomic E-state index is 0.000709. The van der Waals surface area contributed by atoms with E-state index in [4.69, 9.17) is 15.1 Å². The van der Waals surface area contributed by atoms with E-state index in [0.29, 0.717) is 11.5 Å². The molecule has 9 heteroatoms. The summed E-state index contributed by atoms with van der Waals surface area (Å²) in [6, 6.07) is 22.7. The van der Waals surface area contributed by atoms with Crippen LogP contribution in [0.15, 0.2) is 82.8 Å². The van der Waals surface area contributed by atoms with Crippen molar-refractivity contribution < 1.29 is 4.92 Å². The molecule has 0 fully saturated rings. The fourth-order valence-electron chi connectivity index (χ4n) is 5.14. The van der Waals surface area contributed by atoms with Crippen molar-refractivity contribution >= 4 is 40.2 Å². The van der Waals surface area contributed by atoms with E-state index in [-0.39, 0.29) is 11.7 Å². The molecule has 1 aromatic heterocycles. The van der Waals surface area contributed by atoms with Crippen LogP contribution in [0.2, 0.25) is 0 Å². The zero-order valence-electron chi connectivity index (χ0n) is 21.4. The molecule has 9 nitrogen and oxygen atoms in total. The standard InChI is InChI=1S/C29H27N7O2/c1-4-7-25-26-19(3)33-35(21-14-16-22(17-15-21)36(37)38)28(26)32-29-27(30-20-12-10-18(2)11-13-20)31-23-8-5-6-9-24(23)34(25)29/h5-6,8-17,25H,4,7H2,1-3H3,(H,30,31)/t25-/m1/s1. The summed E-state index contributed by atoms with van der Waals surface area (Å²) in [6.07, 6.45) is 1.86. The number of nitro benzene ring substituents is 1. The number of nitrogens with zero attached hydrogens (tertiary/aromatic N) is 6. The van der Waals surface area contributed by atoms with E-state index >= 15 is 0 Å². The number of hydrogen-bond donors (Lipinski definition) is 1.